The summed E-state index contributed by atoms with van der Waals surface area (Å²) in [5.41, 5.74) is 7.05. The Morgan fingerprint density at radius 1 is 1.21 bits per heavy atom. The molecule has 1 heterocycles. The van der Waals surface area contributed by atoms with Crippen LogP contribution in [-0.2, 0) is 17.6 Å². The van der Waals surface area contributed by atoms with Crippen molar-refractivity contribution in [3.63, 3.8) is 0 Å². The molecule has 0 spiro atoms. The van der Waals surface area contributed by atoms with E-state index < -0.39 is 12.0 Å². The molecule has 0 unspecified atom stereocenters. The van der Waals surface area contributed by atoms with Crippen LogP contribution in [0.5, 0.6) is 0 Å². The summed E-state index contributed by atoms with van der Waals surface area (Å²) in [6.45, 7) is 0. The van der Waals surface area contributed by atoms with Crippen molar-refractivity contribution in [2.75, 3.05) is 11.1 Å². The van der Waals surface area contributed by atoms with Crippen LogP contribution in [0.2, 0.25) is 0 Å². The Morgan fingerprint density at radius 3 is 2.64 bits per heavy atom. The first-order chi connectivity index (χ1) is 15.3. The molecule has 6 heteroatoms. The third-order valence-electron chi connectivity index (χ3n) is 4.19. The molecule has 0 aliphatic heterocycles. The minimum absolute atomic E-state index is 0.0707. The summed E-state index contributed by atoms with van der Waals surface area (Å²) >= 11 is 1.21. The lowest BCUT2D eigenvalue weighted by atomic mass is 10.0. The third-order valence-corrected chi connectivity index (χ3v) is 4.91. The van der Waals surface area contributed by atoms with Gasteiger partial charge in [0.25, 0.3) is 0 Å². The van der Waals surface area contributed by atoms with E-state index in [0.29, 0.717) is 42.1 Å². The molecule has 0 aliphatic rings. The number of nitrogens with two attached hydrogens (primary N) is 1. The van der Waals surface area contributed by atoms with Gasteiger partial charge in [0.15, 0.2) is 5.13 Å². The Hall–Kier alpha value is -2.70. The molecular formula is C22H25N3O2S. The van der Waals surface area contributed by atoms with Gasteiger partial charge in [0.05, 0.1) is 23.7 Å². The summed E-state index contributed by atoms with van der Waals surface area (Å²) in [6.07, 6.45) is 1.53. The van der Waals surface area contributed by atoms with E-state index in [-0.39, 0.29) is 36.3 Å². The van der Waals surface area contributed by atoms with E-state index >= 15 is 0 Å². The number of anilines is 2. The molecule has 0 fully saturated rings. The monoisotopic (exact) mass is 399 g/mol. The number of unbranched alkanes of at least 4 members (excludes halogenated alkanes) is 1. The van der Waals surface area contributed by atoms with Crippen molar-refractivity contribution in [1.29, 1.82) is 0 Å². The quantitative estimate of drug-likeness (QED) is 0.467. The van der Waals surface area contributed by atoms with E-state index in [4.69, 9.17) is 11.2 Å². The summed E-state index contributed by atoms with van der Waals surface area (Å²) in [7, 11) is 0. The zero-order valence-electron chi connectivity index (χ0n) is 19.4. The average Bonchev–Trinajstić information content (AvgIpc) is 3.19. The number of thiazole rings is 1. The van der Waals surface area contributed by atoms with E-state index in [0.717, 1.165) is 5.56 Å². The number of carbonyl (C=O) groups excluding carboxylic acids is 1. The van der Waals surface area contributed by atoms with E-state index in [9.17, 15) is 9.90 Å². The Kier molecular flexibility index (Phi) is 5.45. The number of nitrogens with zero attached hydrogens (tertiary/aromatic N) is 1. The van der Waals surface area contributed by atoms with Crippen LogP contribution in [0.3, 0.4) is 0 Å². The van der Waals surface area contributed by atoms with Crippen LogP contribution in [0, 0.1) is 0 Å². The number of aliphatic hydroxyl groups excluding tert-OH is 1. The lowest BCUT2D eigenvalue weighted by Gasteiger charge is -2.10. The van der Waals surface area contributed by atoms with Gasteiger partial charge in [-0.2, -0.15) is 0 Å². The Labute approximate surface area is 174 Å². The first-order valence-electron chi connectivity index (χ1n) is 11.1. The Bertz CT molecular complexity index is 1060. The van der Waals surface area contributed by atoms with Gasteiger partial charge in [-0.15, -0.1) is 11.3 Å². The number of hydrogen-bond donors (Lipinski definition) is 3. The fourth-order valence-electron chi connectivity index (χ4n) is 2.76. The zero-order chi connectivity index (χ0) is 23.3. The molecule has 0 bridgehead atoms. The number of amides is 1. The van der Waals surface area contributed by atoms with Gasteiger partial charge in [-0.1, -0.05) is 48.8 Å². The van der Waals surface area contributed by atoms with Crippen LogP contribution in [0.4, 0.5) is 10.8 Å². The predicted molar refractivity (Wildman–Crippen MR) is 114 cm³/mol. The van der Waals surface area contributed by atoms with Crippen molar-refractivity contribution >= 4 is 28.1 Å². The standard InChI is InChI=1S/C22H25N3O2S/c23-22-25-19(15-28-22)14-21(27)24-18-12-10-16(11-13-18)6-4-5-9-20(26)17-7-2-1-3-8-17/h1-3,7-8,10-13,15,20,26H,4-6,9,14H2,(H2,23,25)(H,24,27)/t20-/m0/s1/i10D,11D,12D,13D. The van der Waals surface area contributed by atoms with Gasteiger partial charge in [-0.25, -0.2) is 4.98 Å². The summed E-state index contributed by atoms with van der Waals surface area (Å²) in [6, 6.07) is 8.47. The van der Waals surface area contributed by atoms with Crippen molar-refractivity contribution in [2.24, 2.45) is 0 Å². The van der Waals surface area contributed by atoms with Crippen molar-refractivity contribution < 1.29 is 15.4 Å². The molecule has 5 nitrogen and oxygen atoms in total. The Morgan fingerprint density at radius 2 is 1.96 bits per heavy atom. The minimum atomic E-state index is -0.578. The fourth-order valence-corrected chi connectivity index (χ4v) is 3.32. The van der Waals surface area contributed by atoms with Crippen LogP contribution in [-0.4, -0.2) is 16.0 Å². The first kappa shape index (κ1) is 15.2. The van der Waals surface area contributed by atoms with Crippen molar-refractivity contribution in [2.45, 2.75) is 38.2 Å². The third kappa shape index (κ3) is 6.18. The summed E-state index contributed by atoms with van der Waals surface area (Å²) < 4.78 is 33.0. The second-order valence-corrected chi connectivity index (χ2v) is 7.32. The lowest BCUT2D eigenvalue weighted by Crippen LogP contribution is -2.14. The number of hydrogen-bond acceptors (Lipinski definition) is 5. The average molecular weight is 400 g/mol. The van der Waals surface area contributed by atoms with Gasteiger partial charge in [0.1, 0.15) is 0 Å². The topological polar surface area (TPSA) is 88.2 Å². The highest BCUT2D eigenvalue weighted by molar-refractivity contribution is 7.13. The number of aliphatic hydroxyl groups is 1. The van der Waals surface area contributed by atoms with Gasteiger partial charge in [-0.05, 0) is 42.5 Å². The zero-order valence-corrected chi connectivity index (χ0v) is 16.2. The molecule has 0 radical (unpaired) electrons. The highest BCUT2D eigenvalue weighted by atomic mass is 32.1. The van der Waals surface area contributed by atoms with Crippen LogP contribution in [0.1, 0.15) is 47.7 Å². The summed E-state index contributed by atoms with van der Waals surface area (Å²) in [5, 5.41) is 14.7. The van der Waals surface area contributed by atoms with Crippen molar-refractivity contribution in [1.82, 2.24) is 4.98 Å². The van der Waals surface area contributed by atoms with Gasteiger partial charge in [0, 0.05) is 11.1 Å². The molecule has 3 aromatic rings. The summed E-state index contributed by atoms with van der Waals surface area (Å²) in [5.74, 6) is -0.487. The van der Waals surface area contributed by atoms with Crippen LogP contribution in [0.15, 0.2) is 59.9 Å². The number of carbonyl (C=O) groups is 1. The normalized spacial score (nSPS) is 13.9. The molecule has 0 saturated heterocycles. The molecule has 146 valence electrons. The predicted octanol–water partition coefficient (Wildman–Crippen LogP) is 4.35. The van der Waals surface area contributed by atoms with E-state index in [1.165, 1.54) is 11.3 Å². The molecule has 1 amide bonds. The van der Waals surface area contributed by atoms with E-state index in [2.05, 4.69) is 10.3 Å². The second kappa shape index (κ2) is 10.0. The minimum Gasteiger partial charge on any atom is -0.388 e. The maximum atomic E-state index is 12.3. The molecule has 1 aromatic heterocycles. The molecule has 1 atom stereocenters. The molecule has 0 aliphatic carbocycles. The van der Waals surface area contributed by atoms with Crippen molar-refractivity contribution in [3.8, 4) is 0 Å². The lowest BCUT2D eigenvalue weighted by molar-refractivity contribution is -0.115. The van der Waals surface area contributed by atoms with Crippen LogP contribution in [0.25, 0.3) is 0 Å². The smallest absolute Gasteiger partial charge is 0.230 e. The summed E-state index contributed by atoms with van der Waals surface area (Å²) in [4.78, 5) is 16.3. The molecular weight excluding hydrogens is 370 g/mol. The van der Waals surface area contributed by atoms with E-state index in [1.54, 1.807) is 5.38 Å². The second-order valence-electron chi connectivity index (χ2n) is 6.43. The number of rotatable bonds is 9. The number of nitrogen functional groups attached to an aromatic ring is 1. The van der Waals surface area contributed by atoms with Gasteiger partial charge in [-0.3, -0.25) is 4.79 Å². The van der Waals surface area contributed by atoms with Crippen molar-refractivity contribution in [3.05, 3.63) is 76.7 Å². The van der Waals surface area contributed by atoms with E-state index in [1.807, 2.05) is 30.3 Å². The van der Waals surface area contributed by atoms with Gasteiger partial charge in [0.2, 0.25) is 5.91 Å². The molecule has 0 saturated carbocycles. The maximum absolute atomic E-state index is 12.3. The molecule has 4 N–H and O–H groups in total. The maximum Gasteiger partial charge on any atom is 0.230 e. The molecule has 3 rings (SSSR count). The molecule has 2 aromatic carbocycles. The van der Waals surface area contributed by atoms with Crippen LogP contribution < -0.4 is 11.1 Å². The molecule has 28 heavy (non-hydrogen) atoms. The highest BCUT2D eigenvalue weighted by Gasteiger charge is 2.08. The van der Waals surface area contributed by atoms with Crippen LogP contribution >= 0.6 is 11.3 Å². The fraction of sp³-hybridized carbons (Fsp3) is 0.273. The largest absolute Gasteiger partial charge is 0.388 e. The van der Waals surface area contributed by atoms with Gasteiger partial charge < -0.3 is 16.2 Å². The Balaban J connectivity index is 1.63. The number of benzene rings is 2. The SMILES string of the molecule is [2H]c1c([2H])c(NC(=O)Cc2csc(N)n2)c([2H])c([2H])c1CCCC[C@H](O)c1ccccc1. The van der Waals surface area contributed by atoms with Gasteiger partial charge >= 0.3 is 0 Å². The highest BCUT2D eigenvalue weighted by Crippen LogP contribution is 2.20. The number of nitrogens with one attached hydrogen (secondary N) is 1. The first-order valence-corrected chi connectivity index (χ1v) is 9.97. The number of aromatic nitrogens is 1.